The number of hydrogen-bond donors (Lipinski definition) is 1. The maximum atomic E-state index is 12.0. The number of amides is 1. The van der Waals surface area contributed by atoms with Gasteiger partial charge in [0.25, 0.3) is 10.0 Å². The highest BCUT2D eigenvalue weighted by atomic mass is 32.2. The molecule has 0 radical (unpaired) electrons. The molecule has 19 heavy (non-hydrogen) atoms. The number of likely N-dealkylation sites (tertiary alicyclic amines) is 1. The van der Waals surface area contributed by atoms with Crippen molar-refractivity contribution >= 4 is 21.6 Å². The van der Waals surface area contributed by atoms with Crippen LogP contribution < -0.4 is 4.72 Å². The highest BCUT2D eigenvalue weighted by molar-refractivity contribution is 7.90. The van der Waals surface area contributed by atoms with Crippen molar-refractivity contribution in [2.45, 2.75) is 17.7 Å². The third kappa shape index (κ3) is 2.12. The number of nitrogens with zero attached hydrogens (tertiary/aromatic N) is 1. The molecule has 0 spiro atoms. The number of rotatable bonds is 1. The second kappa shape index (κ2) is 4.38. The molecule has 5 nitrogen and oxygen atoms in total. The summed E-state index contributed by atoms with van der Waals surface area (Å²) in [7, 11) is -3.51. The lowest BCUT2D eigenvalue weighted by atomic mass is 10.1. The molecule has 1 amide bonds. The van der Waals surface area contributed by atoms with Crippen molar-refractivity contribution in [1.29, 1.82) is 0 Å². The molecule has 1 aromatic carbocycles. The van der Waals surface area contributed by atoms with E-state index in [1.54, 1.807) is 29.2 Å². The van der Waals surface area contributed by atoms with Crippen molar-refractivity contribution in [1.82, 2.24) is 9.62 Å². The summed E-state index contributed by atoms with van der Waals surface area (Å²) in [6, 6.07) is 6.67. The fraction of sp³-hybridized carbons (Fsp3) is 0.308. The molecule has 0 atom stereocenters. The topological polar surface area (TPSA) is 66.5 Å². The second-order valence-corrected chi connectivity index (χ2v) is 6.34. The lowest BCUT2D eigenvalue weighted by molar-refractivity contribution is -0.124. The first-order chi connectivity index (χ1) is 9.08. The summed E-state index contributed by atoms with van der Waals surface area (Å²) in [4.78, 5) is 14.0. The molecule has 0 bridgehead atoms. The van der Waals surface area contributed by atoms with E-state index in [1.807, 2.05) is 0 Å². The number of carbonyl (C=O) groups is 1. The Balaban J connectivity index is 1.97. The third-order valence-electron chi connectivity index (χ3n) is 3.40. The lowest BCUT2D eigenvalue weighted by Crippen LogP contribution is -2.26. The van der Waals surface area contributed by atoms with Gasteiger partial charge in [0, 0.05) is 24.7 Å². The van der Waals surface area contributed by atoms with Gasteiger partial charge in [-0.2, -0.15) is 0 Å². The monoisotopic (exact) mass is 278 g/mol. The van der Waals surface area contributed by atoms with Crippen LogP contribution in [0.25, 0.3) is 5.70 Å². The van der Waals surface area contributed by atoms with Crippen LogP contribution in [0.5, 0.6) is 0 Å². The SMILES string of the molecule is O=C(C=C1NS(=O)(=O)c2ccccc21)N1CCCC1. The number of benzene rings is 1. The molecule has 1 aromatic rings. The van der Waals surface area contributed by atoms with E-state index in [0.717, 1.165) is 25.9 Å². The van der Waals surface area contributed by atoms with E-state index in [0.29, 0.717) is 11.3 Å². The van der Waals surface area contributed by atoms with Crippen LogP contribution in [-0.4, -0.2) is 32.3 Å². The smallest absolute Gasteiger partial charge is 0.262 e. The minimum absolute atomic E-state index is 0.132. The fourth-order valence-electron chi connectivity index (χ4n) is 2.44. The first-order valence-corrected chi connectivity index (χ1v) is 7.69. The molecule has 2 heterocycles. The summed E-state index contributed by atoms with van der Waals surface area (Å²) < 4.78 is 26.2. The van der Waals surface area contributed by atoms with Crippen LogP contribution in [0.1, 0.15) is 18.4 Å². The standard InChI is InChI=1S/C13H14N2O3S/c16-13(15-7-3-4-8-15)9-11-10-5-1-2-6-12(10)19(17,18)14-11/h1-2,5-6,9,14H,3-4,7-8H2. The second-order valence-electron chi connectivity index (χ2n) is 4.69. The molecule has 1 fully saturated rings. The summed E-state index contributed by atoms with van der Waals surface area (Å²) in [5.74, 6) is -0.132. The van der Waals surface area contributed by atoms with Gasteiger partial charge in [-0.25, -0.2) is 8.42 Å². The van der Waals surface area contributed by atoms with Crippen LogP contribution >= 0.6 is 0 Å². The quantitative estimate of drug-likeness (QED) is 0.778. The van der Waals surface area contributed by atoms with Crippen LogP contribution in [0.2, 0.25) is 0 Å². The van der Waals surface area contributed by atoms with E-state index >= 15 is 0 Å². The number of nitrogens with one attached hydrogen (secondary N) is 1. The molecule has 1 saturated heterocycles. The van der Waals surface area contributed by atoms with E-state index in [9.17, 15) is 13.2 Å². The molecule has 2 aliphatic rings. The van der Waals surface area contributed by atoms with Crippen LogP contribution in [0, 0.1) is 0 Å². The zero-order valence-electron chi connectivity index (χ0n) is 10.3. The third-order valence-corrected chi connectivity index (χ3v) is 4.82. The van der Waals surface area contributed by atoms with Gasteiger partial charge < -0.3 is 4.90 Å². The molecule has 1 N–H and O–H groups in total. The van der Waals surface area contributed by atoms with E-state index in [2.05, 4.69) is 4.72 Å². The maximum absolute atomic E-state index is 12.0. The van der Waals surface area contributed by atoms with Crippen molar-refractivity contribution in [3.05, 3.63) is 35.9 Å². The Hall–Kier alpha value is -1.82. The van der Waals surface area contributed by atoms with Gasteiger partial charge in [-0.15, -0.1) is 0 Å². The highest BCUT2D eigenvalue weighted by Gasteiger charge is 2.30. The van der Waals surface area contributed by atoms with Crippen molar-refractivity contribution in [2.75, 3.05) is 13.1 Å². The number of fused-ring (bicyclic) bond motifs is 1. The summed E-state index contributed by atoms with van der Waals surface area (Å²) >= 11 is 0. The van der Waals surface area contributed by atoms with Crippen molar-refractivity contribution in [3.8, 4) is 0 Å². The van der Waals surface area contributed by atoms with E-state index in [-0.39, 0.29) is 10.8 Å². The number of hydrogen-bond acceptors (Lipinski definition) is 3. The van der Waals surface area contributed by atoms with Gasteiger partial charge in [0.15, 0.2) is 0 Å². The molecule has 3 rings (SSSR count). The van der Waals surface area contributed by atoms with Gasteiger partial charge in [-0.05, 0) is 18.9 Å². The molecule has 0 saturated carbocycles. The van der Waals surface area contributed by atoms with E-state index < -0.39 is 10.0 Å². The minimum Gasteiger partial charge on any atom is -0.339 e. The van der Waals surface area contributed by atoms with Crippen LogP contribution in [0.15, 0.2) is 35.2 Å². The van der Waals surface area contributed by atoms with E-state index in [4.69, 9.17) is 0 Å². The zero-order valence-corrected chi connectivity index (χ0v) is 11.1. The van der Waals surface area contributed by atoms with Crippen molar-refractivity contribution in [2.24, 2.45) is 0 Å². The van der Waals surface area contributed by atoms with E-state index in [1.165, 1.54) is 6.08 Å². The largest absolute Gasteiger partial charge is 0.339 e. The summed E-state index contributed by atoms with van der Waals surface area (Å²) in [6.45, 7) is 1.49. The average Bonchev–Trinajstić information content (AvgIpc) is 2.98. The predicted octanol–water partition coefficient (Wildman–Crippen LogP) is 0.942. The van der Waals surface area contributed by atoms with Crippen molar-refractivity contribution < 1.29 is 13.2 Å². The van der Waals surface area contributed by atoms with Gasteiger partial charge in [-0.1, -0.05) is 18.2 Å². The van der Waals surface area contributed by atoms with Crippen LogP contribution in [-0.2, 0) is 14.8 Å². The summed E-state index contributed by atoms with van der Waals surface area (Å²) in [5.41, 5.74) is 0.933. The minimum atomic E-state index is -3.51. The Labute approximate surface area is 112 Å². The molecule has 100 valence electrons. The first kappa shape index (κ1) is 12.2. The first-order valence-electron chi connectivity index (χ1n) is 6.21. The predicted molar refractivity (Wildman–Crippen MR) is 70.6 cm³/mol. The van der Waals surface area contributed by atoms with Gasteiger partial charge in [-0.3, -0.25) is 9.52 Å². The highest BCUT2D eigenvalue weighted by Crippen LogP contribution is 2.29. The molecule has 0 aliphatic carbocycles. The Morgan fingerprint density at radius 2 is 1.89 bits per heavy atom. The van der Waals surface area contributed by atoms with Crippen LogP contribution in [0.3, 0.4) is 0 Å². The Bertz CT molecular complexity index is 658. The van der Waals surface area contributed by atoms with Crippen molar-refractivity contribution in [3.63, 3.8) is 0 Å². The number of sulfonamides is 1. The molecular formula is C13H14N2O3S. The lowest BCUT2D eigenvalue weighted by Gasteiger charge is -2.12. The fourth-order valence-corrected chi connectivity index (χ4v) is 3.73. The molecule has 0 unspecified atom stereocenters. The summed E-state index contributed by atoms with van der Waals surface area (Å²) in [5, 5.41) is 0. The normalized spacial score (nSPS) is 22.3. The molecule has 2 aliphatic heterocycles. The molecule has 0 aromatic heterocycles. The maximum Gasteiger partial charge on any atom is 0.262 e. The Morgan fingerprint density at radius 3 is 2.63 bits per heavy atom. The molecular weight excluding hydrogens is 264 g/mol. The Morgan fingerprint density at radius 1 is 1.21 bits per heavy atom. The van der Waals surface area contributed by atoms with Gasteiger partial charge in [0.2, 0.25) is 5.91 Å². The van der Waals surface area contributed by atoms with Crippen LogP contribution in [0.4, 0.5) is 0 Å². The molecule has 6 heteroatoms. The average molecular weight is 278 g/mol. The van der Waals surface area contributed by atoms with Gasteiger partial charge >= 0.3 is 0 Å². The zero-order chi connectivity index (χ0) is 13.5. The number of carbonyl (C=O) groups excluding carboxylic acids is 1. The van der Waals surface area contributed by atoms with Gasteiger partial charge in [0.1, 0.15) is 0 Å². The summed E-state index contributed by atoms with van der Waals surface area (Å²) in [6.07, 6.45) is 3.41. The van der Waals surface area contributed by atoms with Gasteiger partial charge in [0.05, 0.1) is 10.6 Å². The Kier molecular flexibility index (Phi) is 2.82.